The van der Waals surface area contributed by atoms with Gasteiger partial charge in [-0.15, -0.1) is 126 Å². The Morgan fingerprint density at radius 2 is 0.364 bits per heavy atom. The molecule has 1 atom stereocenters. The van der Waals surface area contributed by atoms with Crippen molar-refractivity contribution in [2.45, 2.75) is 5.41 Å². The van der Waals surface area contributed by atoms with Crippen molar-refractivity contribution < 1.29 is 4.42 Å². The maximum atomic E-state index is 8.28. The predicted molar refractivity (Wildman–Crippen MR) is 540 cm³/mol. The third-order valence-corrected chi connectivity index (χ3v) is 22.5. The summed E-state index contributed by atoms with van der Waals surface area (Å²) in [6.07, 6.45) is 0. The zero-order chi connectivity index (χ0) is 87.3. The Labute approximate surface area is 744 Å². The quantitative estimate of drug-likeness (QED) is 0.112. The molecule has 11 aromatic carbocycles. The minimum absolute atomic E-state index is 0.140. The van der Waals surface area contributed by atoms with Crippen molar-refractivity contribution in [3.63, 3.8) is 0 Å². The molecule has 2 aromatic heterocycles. The van der Waals surface area contributed by atoms with Gasteiger partial charge in [0.2, 0.25) is 0 Å². The van der Waals surface area contributed by atoms with Crippen LogP contribution in [0.3, 0.4) is 0 Å². The van der Waals surface area contributed by atoms with E-state index in [-0.39, 0.29) is 209 Å². The van der Waals surface area contributed by atoms with Gasteiger partial charge in [-0.1, -0.05) is 121 Å². The second-order valence-electron chi connectivity index (χ2n) is 28.4. The first-order chi connectivity index (χ1) is 55.0. The third kappa shape index (κ3) is 11.8. The first-order valence-corrected chi connectivity index (χ1v) is 34.3. The van der Waals surface area contributed by atoms with Crippen LogP contribution in [-0.4, -0.2) is 360 Å². The molecular weight excluding hydrogens is 1370 g/mol. The Kier molecular flexibility index (Phi) is 22.4. The van der Waals surface area contributed by atoms with Crippen molar-refractivity contribution in [1.29, 1.82) is 0 Å². The summed E-state index contributed by atoms with van der Waals surface area (Å²) in [7, 11) is 311. The Hall–Kier alpha value is -6.91. The van der Waals surface area contributed by atoms with Gasteiger partial charge in [0.15, 0.2) is 17.5 Å². The smallest absolute Gasteiger partial charge is 0.162 e. The van der Waals surface area contributed by atoms with Gasteiger partial charge in [-0.2, -0.15) is 0 Å². The third-order valence-electron chi connectivity index (χ3n) is 22.5. The summed E-state index contributed by atoms with van der Waals surface area (Å²) >= 11 is 0. The molecule has 1 unspecified atom stereocenters. The molecule has 0 bridgehead atoms. The summed E-state index contributed by atoms with van der Waals surface area (Å²) in [6.45, 7) is 0. The van der Waals surface area contributed by atoms with E-state index >= 15 is 0 Å². The van der Waals surface area contributed by atoms with E-state index in [1.165, 1.54) is 6.07 Å². The number of rotatable bonds is 8. The fourth-order valence-corrected chi connectivity index (χ4v) is 16.1. The lowest BCUT2D eigenvalue weighted by Gasteiger charge is -2.47. The largest absolute Gasteiger partial charge is 0.455 e. The first kappa shape index (κ1) is 87.4. The second-order valence-corrected chi connectivity index (χ2v) is 28.4. The highest BCUT2D eigenvalue weighted by Crippen LogP contribution is 2.48. The van der Waals surface area contributed by atoms with E-state index in [1.807, 2.05) is 0 Å². The zero-order valence-electron chi connectivity index (χ0n) is 62.2. The Bertz CT molecular complexity index is 6750. The van der Waals surface area contributed by atoms with Crippen LogP contribution in [-0.2, 0) is 5.41 Å². The molecule has 0 aliphatic heterocycles. The molecule has 0 N–H and O–H groups in total. The molecule has 0 spiro atoms. The highest BCUT2D eigenvalue weighted by molar-refractivity contribution is 6.78. The highest BCUT2D eigenvalue weighted by Gasteiger charge is 2.49. The lowest BCUT2D eigenvalue weighted by Crippen LogP contribution is -2.64. The average molecular weight is 1380 g/mol. The fraction of sp³-hybridized carbons (Fsp3) is 0.0143. The van der Waals surface area contributed by atoms with Gasteiger partial charge in [0.1, 0.15) is 356 Å². The van der Waals surface area contributed by atoms with Crippen molar-refractivity contribution in [3.05, 3.63) is 28.3 Å². The summed E-state index contributed by atoms with van der Waals surface area (Å²) in [5.41, 5.74) is -27.2. The van der Waals surface area contributed by atoms with Crippen LogP contribution in [0.5, 0.6) is 0 Å². The monoisotopic (exact) mass is 1380 g/mol. The van der Waals surface area contributed by atoms with Crippen LogP contribution in [0.2, 0.25) is 0 Å². The lowest BCUT2D eigenvalue weighted by molar-refractivity contribution is 0.652. The highest BCUT2D eigenvalue weighted by atomic mass is 16.3. The van der Waals surface area contributed by atoms with E-state index in [1.54, 1.807) is 0 Å². The molecule has 48 heteroatoms. The molecular formula is C70HB44N3O. The molecule has 4 nitrogen and oxygen atoms in total. The van der Waals surface area contributed by atoms with Crippen LogP contribution in [0, 0.1) is 0 Å². The van der Waals surface area contributed by atoms with Crippen LogP contribution in [0.1, 0.15) is 22.3 Å². The Morgan fingerprint density at radius 1 is 0.161 bits per heavy atom. The van der Waals surface area contributed by atoms with Gasteiger partial charge in [-0.3, -0.25) is 0 Å². The molecule has 88 radical (unpaired) electrons. The van der Waals surface area contributed by atoms with Crippen molar-refractivity contribution in [1.82, 2.24) is 15.0 Å². The molecule has 0 saturated carbocycles. The van der Waals surface area contributed by atoms with Crippen LogP contribution in [0.15, 0.2) is 10.5 Å². The second kappa shape index (κ2) is 30.3. The average Bonchev–Trinajstić information content (AvgIpc) is 1.07. The van der Waals surface area contributed by atoms with Crippen molar-refractivity contribution >= 4 is 608 Å². The van der Waals surface area contributed by atoms with Gasteiger partial charge in [0.05, 0.1) is 5.41 Å². The van der Waals surface area contributed by atoms with Crippen LogP contribution in [0.25, 0.3) is 112 Å². The van der Waals surface area contributed by atoms with Gasteiger partial charge < -0.3 is 4.42 Å². The van der Waals surface area contributed by atoms with Gasteiger partial charge in [-0.05, 0) is 66.8 Å². The minimum Gasteiger partial charge on any atom is -0.455 e. The van der Waals surface area contributed by atoms with Crippen LogP contribution in [0.4, 0.5) is 0 Å². The molecule has 1 aliphatic carbocycles. The number of hydrogen-bond donors (Lipinski definition) is 0. The maximum absolute atomic E-state index is 8.28. The van der Waals surface area contributed by atoms with Crippen molar-refractivity contribution in [2.24, 2.45) is 0 Å². The molecule has 0 amide bonds. The number of furan rings is 1. The lowest BCUT2D eigenvalue weighted by atomic mass is 9.45. The predicted octanol–water partition coefficient (Wildman–Crippen LogP) is -35.3. The van der Waals surface area contributed by atoms with Crippen LogP contribution >= 0.6 is 0 Å². The number of benzene rings is 11. The minimum atomic E-state index is -3.04. The summed E-state index contributed by atoms with van der Waals surface area (Å²) in [5.74, 6) is -1.35. The van der Waals surface area contributed by atoms with E-state index in [0.29, 0.717) is 0 Å². The summed E-state index contributed by atoms with van der Waals surface area (Å²) in [6, 6.07) is 1.20. The standard InChI is InChI=1S/C70HB44N3O/c71-3-1-2(22(72)46(96)23(3)73)70(20-43(93)60(110)64(114)61(111)44(20)94,19-25(75)4-5(26(76)42(19)92)7-9(30(80)53(103)51(101)28(7)78)11-10(31(81)54(104)55(105)32(11)82)8-6(4)27(77)50(100)52(102)29(8)79)21-45(95)49(99)36(86)15-14-35(85)48(98)34(84)13(65(14)118-66(15)21)12-24(74)16(37(87)47(97)33(12)83)67-115-68(17-38(88)56(106)62(112)57(107)39(17)89)117-69(116-67)18-40(90)58(108)63(113)59(109)41(18)91/h1H. The topological polar surface area (TPSA) is 51.8 Å². The summed E-state index contributed by atoms with van der Waals surface area (Å²) in [5, 5.41) is -0.612. The molecule has 14 rings (SSSR count). The van der Waals surface area contributed by atoms with E-state index in [2.05, 4.69) is 0 Å². The van der Waals surface area contributed by atoms with Crippen molar-refractivity contribution in [2.75, 3.05) is 0 Å². The summed E-state index contributed by atoms with van der Waals surface area (Å²) in [4.78, 5) is 14.3. The fourth-order valence-electron chi connectivity index (χ4n) is 16.1. The van der Waals surface area contributed by atoms with Gasteiger partial charge in [-0.25, -0.2) is 15.0 Å². The number of aromatic nitrogens is 3. The normalized spacial score (nSPS) is 12.3. The molecule has 2 heterocycles. The van der Waals surface area contributed by atoms with E-state index in [4.69, 9.17) is 365 Å². The summed E-state index contributed by atoms with van der Waals surface area (Å²) < 4.78 is 7.46. The van der Waals surface area contributed by atoms with Gasteiger partial charge in [0, 0.05) is 38.6 Å². The number of nitrogens with zero attached hydrogens (tertiary/aromatic N) is 3. The zero-order valence-corrected chi connectivity index (χ0v) is 62.2. The SMILES string of the molecule is [B]c1cc(C(c2c([B])c([B])c([B])c([B])c2[B])(c2c([B])c([B])c3c(c2[B])-c2c([B])c([B])c([B])c([B])c2-c2c([B])c([B])c([B])c([B])c2-c2c([B])c([B])c([B])c([B])c2-3)c2c([B])c([B])c([B])c3c2oc2c(-c4c([B])c([B])c([B])c(-c5nc(-c6c([B])c([B])c([B])c([B])c6[B])nc(-c6c([B])c([B])c([B])c([B])c6[B])n5)c4[B])c([B])c([B])c([B])c23)c([B])c([B])c1[B]. The molecule has 1 aliphatic rings. The van der Waals surface area contributed by atoms with E-state index in [9.17, 15) is 0 Å². The van der Waals surface area contributed by atoms with Gasteiger partial charge >= 0.3 is 0 Å². The van der Waals surface area contributed by atoms with E-state index < -0.39 is 171 Å². The molecule has 0 saturated heterocycles. The molecule has 13 aromatic rings. The Balaban J connectivity index is 1.25. The Morgan fingerprint density at radius 3 is 0.703 bits per heavy atom. The molecule has 118 heavy (non-hydrogen) atoms. The van der Waals surface area contributed by atoms with Crippen molar-refractivity contribution in [3.8, 4) is 89.8 Å². The number of hydrogen-bond acceptors (Lipinski definition) is 4. The number of fused-ring (bicyclic) bond motifs is 11. The molecule has 434 valence electrons. The van der Waals surface area contributed by atoms with Crippen LogP contribution < -0.4 is 240 Å². The van der Waals surface area contributed by atoms with E-state index in [0.717, 1.165) is 0 Å². The first-order valence-electron chi connectivity index (χ1n) is 34.3. The maximum Gasteiger partial charge on any atom is 0.162 e. The molecule has 0 fully saturated rings. The van der Waals surface area contributed by atoms with Gasteiger partial charge in [0.25, 0.3) is 0 Å².